The highest BCUT2D eigenvalue weighted by Crippen LogP contribution is 2.35. The Morgan fingerprint density at radius 3 is 2.35 bits per heavy atom. The quantitative estimate of drug-likeness (QED) is 0.791. The zero-order valence-electron chi connectivity index (χ0n) is 16.1. The number of benzene rings is 2. The van der Waals surface area contributed by atoms with Gasteiger partial charge in [0, 0.05) is 17.6 Å². The van der Waals surface area contributed by atoms with Gasteiger partial charge < -0.3 is 11.1 Å². The number of rotatable bonds is 5. The van der Waals surface area contributed by atoms with Gasteiger partial charge in [-0.15, -0.1) is 0 Å². The summed E-state index contributed by atoms with van der Waals surface area (Å²) in [5.74, 6) is -0.392. The van der Waals surface area contributed by atoms with E-state index in [9.17, 15) is 4.79 Å². The van der Waals surface area contributed by atoms with E-state index in [2.05, 4.69) is 50.4 Å². The van der Waals surface area contributed by atoms with Crippen molar-refractivity contribution in [2.45, 2.75) is 58.5 Å². The summed E-state index contributed by atoms with van der Waals surface area (Å²) in [6.45, 7) is 6.99. The minimum atomic E-state index is -0.392. The van der Waals surface area contributed by atoms with Gasteiger partial charge in [-0.05, 0) is 66.8 Å². The van der Waals surface area contributed by atoms with Crippen LogP contribution in [0.5, 0.6) is 0 Å². The van der Waals surface area contributed by atoms with Crippen molar-refractivity contribution in [2.75, 3.05) is 0 Å². The van der Waals surface area contributed by atoms with Crippen LogP contribution in [0.2, 0.25) is 0 Å². The summed E-state index contributed by atoms with van der Waals surface area (Å²) in [5.41, 5.74) is 9.84. The molecule has 0 bridgehead atoms. The van der Waals surface area contributed by atoms with Crippen molar-refractivity contribution in [3.05, 3.63) is 59.7 Å². The van der Waals surface area contributed by atoms with E-state index in [0.717, 1.165) is 11.1 Å². The molecule has 1 aliphatic rings. The number of nitrogens with one attached hydrogen (secondary N) is 1. The smallest absolute Gasteiger partial charge is 0.248 e. The lowest BCUT2D eigenvalue weighted by atomic mass is 9.75. The van der Waals surface area contributed by atoms with Crippen LogP contribution in [-0.2, 0) is 0 Å². The first kappa shape index (κ1) is 18.7. The van der Waals surface area contributed by atoms with E-state index in [1.807, 2.05) is 18.2 Å². The molecule has 3 nitrogen and oxygen atoms in total. The van der Waals surface area contributed by atoms with Gasteiger partial charge in [-0.25, -0.2) is 0 Å². The molecule has 0 saturated heterocycles. The van der Waals surface area contributed by atoms with E-state index < -0.39 is 5.91 Å². The third-order valence-electron chi connectivity index (χ3n) is 5.72. The molecule has 1 amide bonds. The maximum atomic E-state index is 11.4. The van der Waals surface area contributed by atoms with Crippen LogP contribution >= 0.6 is 0 Å². The number of amides is 1. The minimum absolute atomic E-state index is 0.340. The van der Waals surface area contributed by atoms with Crippen LogP contribution in [0.25, 0.3) is 11.1 Å². The lowest BCUT2D eigenvalue weighted by molar-refractivity contribution is 0.100. The van der Waals surface area contributed by atoms with E-state index in [-0.39, 0.29) is 0 Å². The van der Waals surface area contributed by atoms with Gasteiger partial charge in [0.25, 0.3) is 0 Å². The molecule has 1 saturated carbocycles. The fraction of sp³-hybridized carbons (Fsp3) is 0.435. The molecule has 3 N–H and O–H groups in total. The molecular formula is C23H30N2O. The molecule has 1 fully saturated rings. The van der Waals surface area contributed by atoms with Gasteiger partial charge in [-0.2, -0.15) is 0 Å². The molecule has 26 heavy (non-hydrogen) atoms. The molecule has 0 unspecified atom stereocenters. The Bertz CT molecular complexity index is 754. The topological polar surface area (TPSA) is 55.1 Å². The van der Waals surface area contributed by atoms with Crippen molar-refractivity contribution in [3.8, 4) is 11.1 Å². The third kappa shape index (κ3) is 4.53. The second kappa shape index (κ2) is 7.63. The van der Waals surface area contributed by atoms with Gasteiger partial charge in [0.05, 0.1) is 0 Å². The Morgan fingerprint density at radius 1 is 1.08 bits per heavy atom. The lowest BCUT2D eigenvalue weighted by Crippen LogP contribution is -2.36. The first-order chi connectivity index (χ1) is 12.3. The Hall–Kier alpha value is -2.13. The molecule has 0 spiro atoms. The Morgan fingerprint density at radius 2 is 1.73 bits per heavy atom. The van der Waals surface area contributed by atoms with Crippen LogP contribution in [0.4, 0.5) is 0 Å². The predicted octanol–water partition coefficient (Wildman–Crippen LogP) is 5.07. The average molecular weight is 351 g/mol. The number of nitrogens with two attached hydrogens (primary N) is 1. The summed E-state index contributed by atoms with van der Waals surface area (Å²) >= 11 is 0. The van der Waals surface area contributed by atoms with Crippen LogP contribution in [0.1, 0.15) is 68.4 Å². The van der Waals surface area contributed by atoms with Gasteiger partial charge in [0.2, 0.25) is 5.91 Å². The van der Waals surface area contributed by atoms with Crippen LogP contribution < -0.4 is 11.1 Å². The van der Waals surface area contributed by atoms with Gasteiger partial charge in [0.1, 0.15) is 0 Å². The third-order valence-corrected chi connectivity index (χ3v) is 5.72. The first-order valence-electron chi connectivity index (χ1n) is 9.60. The normalized spacial score (nSPS) is 18.4. The SMILES string of the molecule is C[C@@H](NC1CCC(C)(C)CC1)c1ccc(-c2cccc(C(N)=O)c2)cc1. The fourth-order valence-electron chi connectivity index (χ4n) is 3.83. The molecule has 2 aromatic carbocycles. The summed E-state index contributed by atoms with van der Waals surface area (Å²) in [4.78, 5) is 11.4. The van der Waals surface area contributed by atoms with Gasteiger partial charge >= 0.3 is 0 Å². The Balaban J connectivity index is 1.65. The van der Waals surface area contributed by atoms with Gasteiger partial charge in [-0.1, -0.05) is 50.2 Å². The van der Waals surface area contributed by atoms with Crippen molar-refractivity contribution in [1.82, 2.24) is 5.32 Å². The van der Waals surface area contributed by atoms with E-state index in [0.29, 0.717) is 23.1 Å². The summed E-state index contributed by atoms with van der Waals surface area (Å²) in [6.07, 6.45) is 5.11. The maximum absolute atomic E-state index is 11.4. The largest absolute Gasteiger partial charge is 0.366 e. The Kier molecular flexibility index (Phi) is 5.47. The summed E-state index contributed by atoms with van der Waals surface area (Å²) < 4.78 is 0. The van der Waals surface area contributed by atoms with Crippen LogP contribution in [-0.4, -0.2) is 11.9 Å². The number of carbonyl (C=O) groups is 1. The number of hydrogen-bond donors (Lipinski definition) is 2. The molecule has 138 valence electrons. The molecule has 2 aromatic rings. The first-order valence-corrected chi connectivity index (χ1v) is 9.60. The van der Waals surface area contributed by atoms with Crippen LogP contribution in [0, 0.1) is 5.41 Å². The van der Waals surface area contributed by atoms with Gasteiger partial charge in [0.15, 0.2) is 0 Å². The highest BCUT2D eigenvalue weighted by atomic mass is 16.1. The van der Waals surface area contributed by atoms with Crippen molar-refractivity contribution >= 4 is 5.91 Å². The van der Waals surface area contributed by atoms with Crippen LogP contribution in [0.15, 0.2) is 48.5 Å². The molecule has 0 radical (unpaired) electrons. The fourth-order valence-corrected chi connectivity index (χ4v) is 3.83. The highest BCUT2D eigenvalue weighted by Gasteiger charge is 2.27. The zero-order valence-corrected chi connectivity index (χ0v) is 16.1. The predicted molar refractivity (Wildman–Crippen MR) is 108 cm³/mol. The van der Waals surface area contributed by atoms with E-state index >= 15 is 0 Å². The standard InChI is InChI=1S/C23H30N2O/c1-16(25-21-11-13-23(2,3)14-12-21)17-7-9-18(10-8-17)19-5-4-6-20(15-19)22(24)26/h4-10,15-16,21,25H,11-14H2,1-3H3,(H2,24,26)/t16-/m1/s1. The summed E-state index contributed by atoms with van der Waals surface area (Å²) in [7, 11) is 0. The molecule has 0 aromatic heterocycles. The summed E-state index contributed by atoms with van der Waals surface area (Å²) in [5, 5.41) is 3.79. The number of primary amides is 1. The zero-order chi connectivity index (χ0) is 18.7. The monoisotopic (exact) mass is 350 g/mol. The molecule has 1 aliphatic carbocycles. The summed E-state index contributed by atoms with van der Waals surface area (Å²) in [6, 6.07) is 17.0. The maximum Gasteiger partial charge on any atom is 0.248 e. The lowest BCUT2D eigenvalue weighted by Gasteiger charge is -2.36. The molecule has 0 heterocycles. The number of hydrogen-bond acceptors (Lipinski definition) is 2. The van der Waals surface area contributed by atoms with E-state index in [4.69, 9.17) is 5.73 Å². The second-order valence-corrected chi connectivity index (χ2v) is 8.39. The average Bonchev–Trinajstić information content (AvgIpc) is 2.63. The molecule has 3 rings (SSSR count). The van der Waals surface area contributed by atoms with Crippen molar-refractivity contribution < 1.29 is 4.79 Å². The van der Waals surface area contributed by atoms with Crippen LogP contribution in [0.3, 0.4) is 0 Å². The van der Waals surface area contributed by atoms with Gasteiger partial charge in [-0.3, -0.25) is 4.79 Å². The molecule has 1 atom stereocenters. The molecular weight excluding hydrogens is 320 g/mol. The Labute approximate surface area is 157 Å². The number of carbonyl (C=O) groups excluding carboxylic acids is 1. The minimum Gasteiger partial charge on any atom is -0.366 e. The van der Waals surface area contributed by atoms with Crippen molar-refractivity contribution in [1.29, 1.82) is 0 Å². The van der Waals surface area contributed by atoms with E-state index in [1.54, 1.807) is 6.07 Å². The van der Waals surface area contributed by atoms with Crippen molar-refractivity contribution in [3.63, 3.8) is 0 Å². The molecule has 0 aliphatic heterocycles. The highest BCUT2D eigenvalue weighted by molar-refractivity contribution is 5.94. The molecule has 3 heteroatoms. The second-order valence-electron chi connectivity index (χ2n) is 8.39. The van der Waals surface area contributed by atoms with Crippen molar-refractivity contribution in [2.24, 2.45) is 11.1 Å². The van der Waals surface area contributed by atoms with E-state index in [1.165, 1.54) is 31.2 Å².